The molecule has 4 nitrogen and oxygen atoms in total. The number of rotatable bonds is 7. The maximum atomic E-state index is 12.1. The van der Waals surface area contributed by atoms with Gasteiger partial charge in [-0.2, -0.15) is 5.10 Å². The van der Waals surface area contributed by atoms with Crippen molar-refractivity contribution in [1.82, 2.24) is 5.43 Å². The molecule has 0 aliphatic heterocycles. The first-order valence-corrected chi connectivity index (χ1v) is 11.1. The minimum Gasteiger partial charge on any atom is -0.487 e. The summed E-state index contributed by atoms with van der Waals surface area (Å²) >= 11 is 10.4. The standard InChI is InChI=1S/C22H17Br3N2O2/c23-18-8-6-15(7-9-18)10-21(28)27-26-13-17-11-19(24)12-20(25)22(17)29-14-16-4-2-1-3-5-16/h1-9,11-13H,10,14H2,(H,27,28)/b26-13+. The lowest BCUT2D eigenvalue weighted by Crippen LogP contribution is -2.19. The van der Waals surface area contributed by atoms with Crippen LogP contribution in [-0.4, -0.2) is 12.1 Å². The van der Waals surface area contributed by atoms with Crippen LogP contribution in [0.5, 0.6) is 5.75 Å². The van der Waals surface area contributed by atoms with E-state index in [1.54, 1.807) is 6.21 Å². The molecule has 0 fully saturated rings. The van der Waals surface area contributed by atoms with Crippen LogP contribution in [0.3, 0.4) is 0 Å². The van der Waals surface area contributed by atoms with Crippen molar-refractivity contribution in [2.75, 3.05) is 0 Å². The number of nitrogens with one attached hydrogen (secondary N) is 1. The fourth-order valence-corrected chi connectivity index (χ4v) is 4.20. The summed E-state index contributed by atoms with van der Waals surface area (Å²) in [4.78, 5) is 12.1. The minimum absolute atomic E-state index is 0.190. The summed E-state index contributed by atoms with van der Waals surface area (Å²) in [7, 11) is 0. The molecule has 0 aromatic heterocycles. The number of carbonyl (C=O) groups is 1. The monoisotopic (exact) mass is 578 g/mol. The van der Waals surface area contributed by atoms with Crippen molar-refractivity contribution in [1.29, 1.82) is 0 Å². The number of carbonyl (C=O) groups excluding carboxylic acids is 1. The highest BCUT2D eigenvalue weighted by molar-refractivity contribution is 9.11. The second kappa shape index (κ2) is 10.7. The second-order valence-electron chi connectivity index (χ2n) is 6.18. The van der Waals surface area contributed by atoms with E-state index in [0.29, 0.717) is 12.4 Å². The van der Waals surface area contributed by atoms with Crippen molar-refractivity contribution < 1.29 is 9.53 Å². The molecule has 3 aromatic rings. The molecule has 0 aliphatic carbocycles. The number of hydrazone groups is 1. The smallest absolute Gasteiger partial charge is 0.244 e. The Balaban J connectivity index is 1.67. The highest BCUT2D eigenvalue weighted by Gasteiger charge is 2.10. The van der Waals surface area contributed by atoms with Crippen LogP contribution >= 0.6 is 47.8 Å². The molecule has 0 saturated carbocycles. The van der Waals surface area contributed by atoms with Gasteiger partial charge < -0.3 is 4.74 Å². The Kier molecular flexibility index (Phi) is 8.03. The Bertz CT molecular complexity index is 1010. The number of ether oxygens (including phenoxy) is 1. The quantitative estimate of drug-likeness (QED) is 0.265. The van der Waals surface area contributed by atoms with E-state index in [4.69, 9.17) is 4.74 Å². The van der Waals surface area contributed by atoms with Crippen LogP contribution in [0, 0.1) is 0 Å². The third-order valence-corrected chi connectivity index (χ3v) is 5.51. The molecule has 1 amide bonds. The molecule has 3 aromatic carbocycles. The summed E-state index contributed by atoms with van der Waals surface area (Å²) in [5.41, 5.74) is 5.29. The molecule has 0 radical (unpaired) electrons. The van der Waals surface area contributed by atoms with Crippen molar-refractivity contribution in [3.63, 3.8) is 0 Å². The second-order valence-corrected chi connectivity index (χ2v) is 8.86. The molecule has 148 valence electrons. The zero-order valence-electron chi connectivity index (χ0n) is 15.2. The molecule has 7 heteroatoms. The summed E-state index contributed by atoms with van der Waals surface area (Å²) in [6.07, 6.45) is 1.83. The lowest BCUT2D eigenvalue weighted by molar-refractivity contribution is -0.120. The lowest BCUT2D eigenvalue weighted by atomic mass is 10.1. The van der Waals surface area contributed by atoms with Gasteiger partial charge in [0.2, 0.25) is 5.91 Å². The fraction of sp³-hybridized carbons (Fsp3) is 0.0909. The Morgan fingerprint density at radius 2 is 1.66 bits per heavy atom. The molecule has 0 spiro atoms. The van der Waals surface area contributed by atoms with Crippen LogP contribution in [0.2, 0.25) is 0 Å². The molecule has 0 atom stereocenters. The van der Waals surface area contributed by atoms with Gasteiger partial charge in [-0.25, -0.2) is 5.43 Å². The molecule has 0 saturated heterocycles. The van der Waals surface area contributed by atoms with Crippen LogP contribution in [0.1, 0.15) is 16.7 Å². The Labute approximate surface area is 194 Å². The normalized spacial score (nSPS) is 10.9. The van der Waals surface area contributed by atoms with Crippen LogP contribution < -0.4 is 10.2 Å². The number of halogens is 3. The summed E-state index contributed by atoms with van der Waals surface area (Å²) in [6, 6.07) is 21.3. The molecule has 0 aliphatic rings. The number of nitrogens with zero attached hydrogens (tertiary/aromatic N) is 1. The summed E-state index contributed by atoms with van der Waals surface area (Å²) in [6.45, 7) is 0.428. The molecule has 0 heterocycles. The zero-order valence-corrected chi connectivity index (χ0v) is 20.0. The van der Waals surface area contributed by atoms with E-state index in [1.807, 2.05) is 66.7 Å². The SMILES string of the molecule is O=C(Cc1ccc(Br)cc1)N/N=C/c1cc(Br)cc(Br)c1OCc1ccccc1. The van der Waals surface area contributed by atoms with Gasteiger partial charge in [0.25, 0.3) is 0 Å². The summed E-state index contributed by atoms with van der Waals surface area (Å²) < 4.78 is 8.64. The number of hydrogen-bond acceptors (Lipinski definition) is 3. The first kappa shape index (κ1) is 21.7. The molecule has 0 unspecified atom stereocenters. The lowest BCUT2D eigenvalue weighted by Gasteiger charge is -2.12. The Hall–Kier alpha value is -1.96. The predicted molar refractivity (Wildman–Crippen MR) is 126 cm³/mol. The van der Waals surface area contributed by atoms with E-state index in [0.717, 1.165) is 30.1 Å². The minimum atomic E-state index is -0.190. The predicted octanol–water partition coefficient (Wildman–Crippen LogP) is 6.25. The van der Waals surface area contributed by atoms with Crippen molar-refractivity contribution in [2.45, 2.75) is 13.0 Å². The number of amides is 1. The number of benzene rings is 3. The first-order chi connectivity index (χ1) is 14.0. The third kappa shape index (κ3) is 6.80. The Morgan fingerprint density at radius 3 is 2.38 bits per heavy atom. The van der Waals surface area contributed by atoms with Crippen molar-refractivity contribution >= 4 is 59.9 Å². The van der Waals surface area contributed by atoms with E-state index < -0.39 is 0 Å². The molecule has 0 bridgehead atoms. The average Bonchev–Trinajstić information content (AvgIpc) is 2.70. The van der Waals surface area contributed by atoms with Gasteiger partial charge in [-0.3, -0.25) is 4.79 Å². The van der Waals surface area contributed by atoms with Gasteiger partial charge in [-0.1, -0.05) is 74.3 Å². The van der Waals surface area contributed by atoms with Gasteiger partial charge in [-0.05, 0) is 51.3 Å². The maximum Gasteiger partial charge on any atom is 0.244 e. The van der Waals surface area contributed by atoms with Crippen molar-refractivity contribution in [3.05, 3.63) is 96.8 Å². The molecular formula is C22H17Br3N2O2. The van der Waals surface area contributed by atoms with Gasteiger partial charge >= 0.3 is 0 Å². The van der Waals surface area contributed by atoms with E-state index in [2.05, 4.69) is 58.3 Å². The van der Waals surface area contributed by atoms with Crippen molar-refractivity contribution in [3.8, 4) is 5.75 Å². The zero-order chi connectivity index (χ0) is 20.6. The van der Waals surface area contributed by atoms with E-state index in [1.165, 1.54) is 0 Å². The molecule has 1 N–H and O–H groups in total. The van der Waals surface area contributed by atoms with Gasteiger partial charge in [0.05, 0.1) is 17.1 Å². The molecule has 29 heavy (non-hydrogen) atoms. The number of hydrogen-bond donors (Lipinski definition) is 1. The van der Waals surface area contributed by atoms with Gasteiger partial charge in [0.1, 0.15) is 12.4 Å². The van der Waals surface area contributed by atoms with Crippen LogP contribution in [0.25, 0.3) is 0 Å². The largest absolute Gasteiger partial charge is 0.487 e. The van der Waals surface area contributed by atoms with Crippen LogP contribution in [0.15, 0.2) is 85.2 Å². The topological polar surface area (TPSA) is 50.7 Å². The average molecular weight is 581 g/mol. The van der Waals surface area contributed by atoms with Crippen molar-refractivity contribution in [2.24, 2.45) is 5.10 Å². The van der Waals surface area contributed by atoms with Crippen LogP contribution in [-0.2, 0) is 17.8 Å². The van der Waals surface area contributed by atoms with Gasteiger partial charge in [0.15, 0.2) is 0 Å². The molecule has 3 rings (SSSR count). The highest BCUT2D eigenvalue weighted by atomic mass is 79.9. The third-order valence-electron chi connectivity index (χ3n) is 3.93. The van der Waals surface area contributed by atoms with E-state index in [-0.39, 0.29) is 12.3 Å². The first-order valence-electron chi connectivity index (χ1n) is 8.73. The van der Waals surface area contributed by atoms with Gasteiger partial charge in [0, 0.05) is 14.5 Å². The summed E-state index contributed by atoms with van der Waals surface area (Å²) in [5, 5.41) is 4.10. The summed E-state index contributed by atoms with van der Waals surface area (Å²) in [5.74, 6) is 0.465. The van der Waals surface area contributed by atoms with E-state index >= 15 is 0 Å². The van der Waals surface area contributed by atoms with Crippen LogP contribution in [0.4, 0.5) is 0 Å². The maximum absolute atomic E-state index is 12.1. The fourth-order valence-electron chi connectivity index (χ4n) is 2.56. The highest BCUT2D eigenvalue weighted by Crippen LogP contribution is 2.32. The van der Waals surface area contributed by atoms with Gasteiger partial charge in [-0.15, -0.1) is 0 Å². The molecular weight excluding hydrogens is 564 g/mol. The Morgan fingerprint density at radius 1 is 0.931 bits per heavy atom. The van der Waals surface area contributed by atoms with E-state index in [9.17, 15) is 4.79 Å².